The van der Waals surface area contributed by atoms with Crippen LogP contribution < -0.4 is 10.6 Å². The first-order chi connectivity index (χ1) is 9.90. The average molecular weight is 317 g/mol. The first-order valence-corrected chi connectivity index (χ1v) is 7.40. The summed E-state index contributed by atoms with van der Waals surface area (Å²) < 4.78 is 13.5. The predicted octanol–water partition coefficient (Wildman–Crippen LogP) is 2.73. The maximum absolute atomic E-state index is 13.5. The van der Waals surface area contributed by atoms with Gasteiger partial charge in [0.2, 0.25) is 0 Å². The molecule has 2 amide bonds. The Hall–Kier alpha value is -1.33. The maximum atomic E-state index is 13.5. The first-order valence-electron chi connectivity index (χ1n) is 7.02. The second-order valence-electron chi connectivity index (χ2n) is 5.28. The second kappa shape index (κ2) is 8.85. The Morgan fingerprint density at radius 2 is 2.10 bits per heavy atom. The van der Waals surface area contributed by atoms with Crippen molar-refractivity contribution in [2.45, 2.75) is 32.8 Å². The van der Waals surface area contributed by atoms with Crippen LogP contribution in [0.15, 0.2) is 18.2 Å². The summed E-state index contributed by atoms with van der Waals surface area (Å²) in [5.74, 6) is -0.174. The summed E-state index contributed by atoms with van der Waals surface area (Å²) in [6, 6.07) is 4.21. The third-order valence-electron chi connectivity index (χ3n) is 3.08. The van der Waals surface area contributed by atoms with E-state index in [2.05, 4.69) is 10.6 Å². The number of rotatable bonds is 7. The molecule has 2 atom stereocenters. The van der Waals surface area contributed by atoms with Crippen LogP contribution in [0.3, 0.4) is 0 Å². The highest BCUT2D eigenvalue weighted by Crippen LogP contribution is 2.18. The highest BCUT2D eigenvalue weighted by molar-refractivity contribution is 6.31. The van der Waals surface area contributed by atoms with Gasteiger partial charge >= 0.3 is 6.03 Å². The van der Waals surface area contributed by atoms with Crippen LogP contribution >= 0.6 is 11.6 Å². The maximum Gasteiger partial charge on any atom is 0.314 e. The Morgan fingerprint density at radius 1 is 1.38 bits per heavy atom. The molecule has 6 heteroatoms. The van der Waals surface area contributed by atoms with Gasteiger partial charge in [-0.25, -0.2) is 9.18 Å². The minimum atomic E-state index is -0.381. The fraction of sp³-hybridized carbons (Fsp3) is 0.533. The molecular weight excluding hydrogens is 295 g/mol. The van der Waals surface area contributed by atoms with Crippen LogP contribution in [0.25, 0.3) is 0 Å². The normalized spacial score (nSPS) is 13.6. The fourth-order valence-corrected chi connectivity index (χ4v) is 2.32. The number of aliphatic hydroxyl groups is 1. The lowest BCUT2D eigenvalue weighted by Crippen LogP contribution is -2.39. The van der Waals surface area contributed by atoms with Crippen LogP contribution in [0.2, 0.25) is 5.02 Å². The Balaban J connectivity index is 2.28. The van der Waals surface area contributed by atoms with Crippen molar-refractivity contribution >= 4 is 17.6 Å². The molecule has 0 spiro atoms. The van der Waals surface area contributed by atoms with Crippen LogP contribution in [0, 0.1) is 11.7 Å². The summed E-state index contributed by atoms with van der Waals surface area (Å²) in [6.07, 6.45) is 0.584. The summed E-state index contributed by atoms with van der Waals surface area (Å²) in [5.41, 5.74) is 0.405. The number of benzene rings is 1. The molecule has 0 saturated carbocycles. The Kier molecular flexibility index (Phi) is 7.47. The zero-order valence-corrected chi connectivity index (χ0v) is 13.1. The first kappa shape index (κ1) is 17.7. The minimum absolute atomic E-state index is 0.191. The molecule has 0 aliphatic rings. The number of carbonyl (C=O) groups is 1. The third-order valence-corrected chi connectivity index (χ3v) is 3.43. The van der Waals surface area contributed by atoms with Gasteiger partial charge < -0.3 is 15.7 Å². The lowest BCUT2D eigenvalue weighted by atomic mass is 10.1. The average Bonchev–Trinajstić information content (AvgIpc) is 2.39. The van der Waals surface area contributed by atoms with E-state index in [1.54, 1.807) is 19.1 Å². The van der Waals surface area contributed by atoms with Crippen molar-refractivity contribution < 1.29 is 14.3 Å². The van der Waals surface area contributed by atoms with E-state index >= 15 is 0 Å². The van der Waals surface area contributed by atoms with E-state index in [0.717, 1.165) is 0 Å². The molecule has 0 aliphatic carbocycles. The van der Waals surface area contributed by atoms with E-state index in [0.29, 0.717) is 36.5 Å². The summed E-state index contributed by atoms with van der Waals surface area (Å²) in [7, 11) is 0. The van der Waals surface area contributed by atoms with Crippen LogP contribution in [-0.2, 0) is 6.42 Å². The lowest BCUT2D eigenvalue weighted by molar-refractivity contribution is 0.163. The van der Waals surface area contributed by atoms with Crippen molar-refractivity contribution in [2.24, 2.45) is 5.92 Å². The topological polar surface area (TPSA) is 61.4 Å². The largest absolute Gasteiger partial charge is 0.393 e. The molecule has 118 valence electrons. The van der Waals surface area contributed by atoms with E-state index in [1.165, 1.54) is 6.07 Å². The lowest BCUT2D eigenvalue weighted by Gasteiger charge is -2.14. The zero-order valence-electron chi connectivity index (χ0n) is 12.3. The number of carbonyl (C=O) groups excluding carboxylic acids is 1. The standard InChI is InChI=1S/C15H22ClFN2O2/c1-10(8-11(2)20)9-19-15(21)18-7-6-12-13(16)4-3-5-14(12)17/h3-5,10-11,20H,6-9H2,1-2H3,(H2,18,19,21). The van der Waals surface area contributed by atoms with Crippen molar-refractivity contribution in [1.29, 1.82) is 0 Å². The third kappa shape index (κ3) is 6.78. The summed E-state index contributed by atoms with van der Waals surface area (Å²) >= 11 is 5.90. The van der Waals surface area contributed by atoms with Gasteiger partial charge in [0.1, 0.15) is 5.82 Å². The highest BCUT2D eigenvalue weighted by Gasteiger charge is 2.09. The van der Waals surface area contributed by atoms with Crippen molar-refractivity contribution in [3.05, 3.63) is 34.6 Å². The van der Waals surface area contributed by atoms with Gasteiger partial charge in [-0.3, -0.25) is 0 Å². The molecule has 4 nitrogen and oxygen atoms in total. The second-order valence-corrected chi connectivity index (χ2v) is 5.68. The number of hydrogen-bond acceptors (Lipinski definition) is 2. The van der Waals surface area contributed by atoms with E-state index in [1.807, 2.05) is 6.92 Å². The monoisotopic (exact) mass is 316 g/mol. The number of amides is 2. The molecule has 1 aromatic carbocycles. The van der Waals surface area contributed by atoms with Crippen LogP contribution in [-0.4, -0.2) is 30.3 Å². The van der Waals surface area contributed by atoms with Gasteiger partial charge in [-0.1, -0.05) is 24.6 Å². The van der Waals surface area contributed by atoms with Gasteiger partial charge in [-0.2, -0.15) is 0 Å². The van der Waals surface area contributed by atoms with E-state index in [-0.39, 0.29) is 23.9 Å². The molecule has 0 saturated heterocycles. The van der Waals surface area contributed by atoms with Gasteiger partial charge in [0.15, 0.2) is 0 Å². The molecule has 0 fully saturated rings. The summed E-state index contributed by atoms with van der Waals surface area (Å²) in [5, 5.41) is 15.0. The predicted molar refractivity (Wildman–Crippen MR) is 82.0 cm³/mol. The summed E-state index contributed by atoms with van der Waals surface area (Å²) in [6.45, 7) is 4.45. The zero-order chi connectivity index (χ0) is 15.8. The van der Waals surface area contributed by atoms with Crippen molar-refractivity contribution in [1.82, 2.24) is 10.6 Å². The van der Waals surface area contributed by atoms with Crippen molar-refractivity contribution in [3.63, 3.8) is 0 Å². The molecule has 1 aromatic rings. The Bertz CT molecular complexity index is 449. The Labute approximate surface area is 129 Å². The Morgan fingerprint density at radius 3 is 2.71 bits per heavy atom. The molecule has 0 heterocycles. The van der Waals surface area contributed by atoms with Gasteiger partial charge in [0, 0.05) is 23.7 Å². The molecular formula is C15H22ClFN2O2. The van der Waals surface area contributed by atoms with E-state index in [4.69, 9.17) is 11.6 Å². The highest BCUT2D eigenvalue weighted by atomic mass is 35.5. The smallest absolute Gasteiger partial charge is 0.314 e. The minimum Gasteiger partial charge on any atom is -0.393 e. The molecule has 1 rings (SSSR count). The van der Waals surface area contributed by atoms with Gasteiger partial charge in [0.25, 0.3) is 0 Å². The van der Waals surface area contributed by atoms with Crippen molar-refractivity contribution in [2.75, 3.05) is 13.1 Å². The number of halogens is 2. The quantitative estimate of drug-likeness (QED) is 0.724. The van der Waals surface area contributed by atoms with Gasteiger partial charge in [-0.15, -0.1) is 0 Å². The molecule has 0 radical (unpaired) electrons. The summed E-state index contributed by atoms with van der Waals surface area (Å²) in [4.78, 5) is 11.6. The molecule has 0 aliphatic heterocycles. The fourth-order valence-electron chi connectivity index (χ4n) is 2.07. The number of urea groups is 1. The molecule has 0 aromatic heterocycles. The SMILES string of the molecule is CC(O)CC(C)CNC(=O)NCCc1c(F)cccc1Cl. The number of hydrogen-bond donors (Lipinski definition) is 3. The number of nitrogens with one attached hydrogen (secondary N) is 2. The van der Waals surface area contributed by atoms with Crippen LogP contribution in [0.4, 0.5) is 9.18 Å². The molecule has 2 unspecified atom stereocenters. The van der Waals surface area contributed by atoms with E-state index < -0.39 is 0 Å². The van der Waals surface area contributed by atoms with Gasteiger partial charge in [-0.05, 0) is 37.8 Å². The van der Waals surface area contributed by atoms with Crippen LogP contribution in [0.5, 0.6) is 0 Å². The van der Waals surface area contributed by atoms with E-state index in [9.17, 15) is 14.3 Å². The molecule has 3 N–H and O–H groups in total. The molecule has 21 heavy (non-hydrogen) atoms. The molecule has 0 bridgehead atoms. The number of aliphatic hydroxyl groups excluding tert-OH is 1. The van der Waals surface area contributed by atoms with Crippen LogP contribution in [0.1, 0.15) is 25.8 Å². The van der Waals surface area contributed by atoms with Gasteiger partial charge in [0.05, 0.1) is 6.10 Å². The van der Waals surface area contributed by atoms with Crippen molar-refractivity contribution in [3.8, 4) is 0 Å².